The lowest BCUT2D eigenvalue weighted by molar-refractivity contribution is 0.0817. The zero-order chi connectivity index (χ0) is 15.9. The van der Waals surface area contributed by atoms with E-state index in [0.717, 1.165) is 20.1 Å². The quantitative estimate of drug-likeness (QED) is 0.738. The summed E-state index contributed by atoms with van der Waals surface area (Å²) in [6.07, 6.45) is 1.15. The van der Waals surface area contributed by atoms with Crippen LogP contribution in [0.25, 0.3) is 8.96 Å². The summed E-state index contributed by atoms with van der Waals surface area (Å²) in [5.41, 5.74) is 1.89. The van der Waals surface area contributed by atoms with Crippen LogP contribution >= 0.6 is 31.9 Å². The Labute approximate surface area is 147 Å². The molecular weight excluding hydrogens is 408 g/mol. The molecule has 22 heavy (non-hydrogen) atoms. The van der Waals surface area contributed by atoms with E-state index in [9.17, 15) is 10.2 Å². The van der Waals surface area contributed by atoms with Crippen molar-refractivity contribution in [2.45, 2.75) is 12.2 Å². The fraction of sp³-hybridized carbons (Fsp3) is 0.111. The van der Waals surface area contributed by atoms with E-state index in [1.54, 1.807) is 12.2 Å². The van der Waals surface area contributed by atoms with Gasteiger partial charge in [-0.1, -0.05) is 92.5 Å². The van der Waals surface area contributed by atoms with E-state index in [4.69, 9.17) is 0 Å². The molecule has 0 unspecified atom stereocenters. The predicted octanol–water partition coefficient (Wildman–Crippen LogP) is 4.58. The maximum atomic E-state index is 10.1. The van der Waals surface area contributed by atoms with E-state index < -0.39 is 12.2 Å². The SMILES string of the molecule is O[C@H](/C=C(\Br)c1ccccc1)[C@H](O)/C=C(\Br)c1ccccc1. The van der Waals surface area contributed by atoms with Gasteiger partial charge in [0.15, 0.2) is 0 Å². The highest BCUT2D eigenvalue weighted by Gasteiger charge is 2.13. The van der Waals surface area contributed by atoms with Crippen LogP contribution in [0.5, 0.6) is 0 Å². The Hall–Kier alpha value is -1.20. The predicted molar refractivity (Wildman–Crippen MR) is 98.7 cm³/mol. The Bertz CT molecular complexity index is 592. The summed E-state index contributed by atoms with van der Waals surface area (Å²) in [6.45, 7) is 0. The molecule has 0 radical (unpaired) electrons. The summed E-state index contributed by atoms with van der Waals surface area (Å²) in [5, 5.41) is 20.2. The minimum Gasteiger partial charge on any atom is -0.386 e. The van der Waals surface area contributed by atoms with E-state index in [-0.39, 0.29) is 0 Å². The molecule has 0 spiro atoms. The third kappa shape index (κ3) is 4.92. The lowest BCUT2D eigenvalue weighted by atomic mass is 10.1. The van der Waals surface area contributed by atoms with Crippen molar-refractivity contribution in [1.29, 1.82) is 0 Å². The first-order valence-electron chi connectivity index (χ1n) is 6.79. The van der Waals surface area contributed by atoms with Crippen LogP contribution < -0.4 is 0 Å². The molecular formula is C18H16Br2O2. The van der Waals surface area contributed by atoms with Crippen molar-refractivity contribution in [3.8, 4) is 0 Å². The Morgan fingerprint density at radius 2 is 1.00 bits per heavy atom. The minimum atomic E-state index is -1.01. The van der Waals surface area contributed by atoms with Crippen LogP contribution in [0.3, 0.4) is 0 Å². The van der Waals surface area contributed by atoms with Crippen LogP contribution in [-0.2, 0) is 0 Å². The first kappa shape index (κ1) is 17.2. The Morgan fingerprint density at radius 3 is 1.32 bits per heavy atom. The van der Waals surface area contributed by atoms with E-state index in [2.05, 4.69) is 31.9 Å². The molecule has 0 aromatic heterocycles. The summed E-state index contributed by atoms with van der Waals surface area (Å²) in [7, 11) is 0. The lowest BCUT2D eigenvalue weighted by Gasteiger charge is -2.13. The first-order valence-corrected chi connectivity index (χ1v) is 8.38. The summed E-state index contributed by atoms with van der Waals surface area (Å²) in [4.78, 5) is 0. The maximum absolute atomic E-state index is 10.1. The van der Waals surface area contributed by atoms with Crippen molar-refractivity contribution in [2.75, 3.05) is 0 Å². The van der Waals surface area contributed by atoms with Gasteiger partial charge < -0.3 is 10.2 Å². The monoisotopic (exact) mass is 422 g/mol. The molecule has 2 aromatic carbocycles. The molecule has 0 aliphatic carbocycles. The largest absolute Gasteiger partial charge is 0.386 e. The van der Waals surface area contributed by atoms with Crippen molar-refractivity contribution >= 4 is 40.8 Å². The van der Waals surface area contributed by atoms with Crippen LogP contribution in [0.2, 0.25) is 0 Å². The maximum Gasteiger partial charge on any atom is 0.103 e. The van der Waals surface area contributed by atoms with Gasteiger partial charge in [0.2, 0.25) is 0 Å². The molecule has 0 aliphatic heterocycles. The van der Waals surface area contributed by atoms with Gasteiger partial charge in [0.1, 0.15) is 12.2 Å². The van der Waals surface area contributed by atoms with Crippen LogP contribution in [0.1, 0.15) is 11.1 Å². The van der Waals surface area contributed by atoms with Crippen molar-refractivity contribution in [1.82, 2.24) is 0 Å². The van der Waals surface area contributed by atoms with Gasteiger partial charge in [-0.05, 0) is 23.3 Å². The minimum absolute atomic E-state index is 0.740. The van der Waals surface area contributed by atoms with Gasteiger partial charge in [-0.2, -0.15) is 0 Å². The number of aliphatic hydroxyl groups excluding tert-OH is 2. The molecule has 4 heteroatoms. The molecule has 2 nitrogen and oxygen atoms in total. The van der Waals surface area contributed by atoms with Crippen molar-refractivity contribution in [3.05, 3.63) is 83.9 Å². The molecule has 0 heterocycles. The molecule has 114 valence electrons. The normalized spacial score (nSPS) is 15.5. The number of benzene rings is 2. The number of hydrogen-bond acceptors (Lipinski definition) is 2. The van der Waals surface area contributed by atoms with Gasteiger partial charge in [-0.25, -0.2) is 0 Å². The molecule has 0 saturated carbocycles. The highest BCUT2D eigenvalue weighted by molar-refractivity contribution is 9.15. The third-order valence-corrected chi connectivity index (χ3v) is 4.53. The first-order chi connectivity index (χ1) is 10.6. The second kappa shape index (κ2) is 8.44. The van der Waals surface area contributed by atoms with Crippen molar-refractivity contribution in [3.63, 3.8) is 0 Å². The average molecular weight is 424 g/mol. The topological polar surface area (TPSA) is 40.5 Å². The van der Waals surface area contributed by atoms with Gasteiger partial charge in [-0.15, -0.1) is 0 Å². The van der Waals surface area contributed by atoms with Gasteiger partial charge in [0, 0.05) is 8.96 Å². The molecule has 0 bridgehead atoms. The summed E-state index contributed by atoms with van der Waals surface area (Å²) < 4.78 is 1.48. The van der Waals surface area contributed by atoms with Crippen LogP contribution in [0.4, 0.5) is 0 Å². The summed E-state index contributed by atoms with van der Waals surface area (Å²) in [6, 6.07) is 19.2. The highest BCUT2D eigenvalue weighted by Crippen LogP contribution is 2.24. The number of hydrogen-bond donors (Lipinski definition) is 2. The van der Waals surface area contributed by atoms with Gasteiger partial charge in [-0.3, -0.25) is 0 Å². The molecule has 2 atom stereocenters. The Balaban J connectivity index is 2.11. The van der Waals surface area contributed by atoms with E-state index >= 15 is 0 Å². The number of halogens is 2. The summed E-state index contributed by atoms with van der Waals surface area (Å²) >= 11 is 6.85. The highest BCUT2D eigenvalue weighted by atomic mass is 79.9. The van der Waals surface area contributed by atoms with E-state index in [0.29, 0.717) is 0 Å². The van der Waals surface area contributed by atoms with E-state index in [1.807, 2.05) is 60.7 Å². The molecule has 2 aromatic rings. The molecule has 0 aliphatic rings. The third-order valence-electron chi connectivity index (χ3n) is 3.08. The van der Waals surface area contributed by atoms with Gasteiger partial charge in [0.25, 0.3) is 0 Å². The van der Waals surface area contributed by atoms with Crippen LogP contribution in [0, 0.1) is 0 Å². The van der Waals surface area contributed by atoms with Gasteiger partial charge in [0.05, 0.1) is 0 Å². The second-order valence-electron chi connectivity index (χ2n) is 4.74. The zero-order valence-electron chi connectivity index (χ0n) is 11.7. The molecule has 0 amide bonds. The fourth-order valence-corrected chi connectivity index (χ4v) is 2.95. The zero-order valence-corrected chi connectivity index (χ0v) is 14.9. The van der Waals surface area contributed by atoms with Crippen LogP contribution in [-0.4, -0.2) is 22.4 Å². The van der Waals surface area contributed by atoms with Crippen molar-refractivity contribution in [2.24, 2.45) is 0 Å². The smallest absolute Gasteiger partial charge is 0.103 e. The molecule has 2 N–H and O–H groups in total. The van der Waals surface area contributed by atoms with Gasteiger partial charge >= 0.3 is 0 Å². The van der Waals surface area contributed by atoms with Crippen molar-refractivity contribution < 1.29 is 10.2 Å². The van der Waals surface area contributed by atoms with Crippen LogP contribution in [0.15, 0.2) is 72.8 Å². The number of aliphatic hydroxyl groups is 2. The Morgan fingerprint density at radius 1 is 0.682 bits per heavy atom. The van der Waals surface area contributed by atoms with E-state index in [1.165, 1.54) is 0 Å². The average Bonchev–Trinajstić information content (AvgIpc) is 2.56. The summed E-state index contributed by atoms with van der Waals surface area (Å²) in [5.74, 6) is 0. The molecule has 0 fully saturated rings. The standard InChI is InChI=1S/C18H16Br2O2/c19-15(13-7-3-1-4-8-13)11-17(21)18(22)12-16(20)14-9-5-2-6-10-14/h1-12,17-18,21-22H/b15-11-,16-12-/t17-,18-/m1/s1. The lowest BCUT2D eigenvalue weighted by Crippen LogP contribution is -2.21. The fourth-order valence-electron chi connectivity index (χ4n) is 1.88. The Kier molecular flexibility index (Phi) is 6.58. The molecule has 2 rings (SSSR count). The second-order valence-corrected chi connectivity index (χ2v) is 6.45. The number of rotatable bonds is 5. The molecule has 0 saturated heterocycles.